The van der Waals surface area contributed by atoms with Gasteiger partial charge in [-0.3, -0.25) is 0 Å². The largest absolute Gasteiger partial charge is 0.478 e. The first-order valence-corrected chi connectivity index (χ1v) is 7.18. The van der Waals surface area contributed by atoms with Crippen LogP contribution < -0.4 is 5.32 Å². The molecule has 0 aliphatic carbocycles. The highest BCUT2D eigenvalue weighted by atomic mass is 32.1. The standard InChI is InChI=1S/C13H19NO6S/c1-13(2,3)20-12(19)14-4-9(15)10(16)7-5-21-6-8(7)11(17)18/h5-6,9-10,15-16H,4H2,1-3H3,(H,14,19)(H,17,18). The van der Waals surface area contributed by atoms with Crippen LogP contribution in [0.2, 0.25) is 0 Å². The van der Waals surface area contributed by atoms with Crippen molar-refractivity contribution in [3.8, 4) is 0 Å². The number of rotatable bonds is 5. The fourth-order valence-corrected chi connectivity index (χ4v) is 2.38. The van der Waals surface area contributed by atoms with Gasteiger partial charge in [-0.1, -0.05) is 0 Å². The normalized spacial score (nSPS) is 14.3. The molecule has 7 nitrogen and oxygen atoms in total. The summed E-state index contributed by atoms with van der Waals surface area (Å²) in [4.78, 5) is 22.4. The van der Waals surface area contributed by atoms with Crippen molar-refractivity contribution in [1.29, 1.82) is 0 Å². The van der Waals surface area contributed by atoms with Crippen molar-refractivity contribution in [2.24, 2.45) is 0 Å². The Labute approximate surface area is 126 Å². The van der Waals surface area contributed by atoms with Crippen LogP contribution in [0, 0.1) is 0 Å². The Morgan fingerprint density at radius 2 is 1.95 bits per heavy atom. The first-order valence-electron chi connectivity index (χ1n) is 6.24. The maximum absolute atomic E-state index is 11.4. The van der Waals surface area contributed by atoms with Crippen LogP contribution in [0.5, 0.6) is 0 Å². The zero-order valence-corrected chi connectivity index (χ0v) is 12.8. The number of hydrogen-bond acceptors (Lipinski definition) is 6. The number of nitrogens with one attached hydrogen (secondary N) is 1. The molecule has 0 bridgehead atoms. The number of aromatic carboxylic acids is 1. The molecule has 0 saturated carbocycles. The Hall–Kier alpha value is -1.64. The lowest BCUT2D eigenvalue weighted by Crippen LogP contribution is -2.39. The van der Waals surface area contributed by atoms with Crippen LogP contribution in [0.25, 0.3) is 0 Å². The molecule has 0 saturated heterocycles. The van der Waals surface area contributed by atoms with Crippen LogP contribution in [0.4, 0.5) is 4.79 Å². The molecular weight excluding hydrogens is 298 g/mol. The molecule has 8 heteroatoms. The summed E-state index contributed by atoms with van der Waals surface area (Å²) >= 11 is 1.11. The van der Waals surface area contributed by atoms with E-state index in [-0.39, 0.29) is 17.7 Å². The fraction of sp³-hybridized carbons (Fsp3) is 0.538. The van der Waals surface area contributed by atoms with Crippen LogP contribution in [-0.4, -0.2) is 45.6 Å². The second-order valence-electron chi connectivity index (χ2n) is 5.44. The third-order valence-electron chi connectivity index (χ3n) is 2.46. The van der Waals surface area contributed by atoms with Gasteiger partial charge in [0.15, 0.2) is 0 Å². The second-order valence-corrected chi connectivity index (χ2v) is 6.18. The van der Waals surface area contributed by atoms with Crippen molar-refractivity contribution in [3.63, 3.8) is 0 Å². The van der Waals surface area contributed by atoms with Crippen molar-refractivity contribution in [1.82, 2.24) is 5.32 Å². The third kappa shape index (κ3) is 5.33. The quantitative estimate of drug-likeness (QED) is 0.652. The highest BCUT2D eigenvalue weighted by Gasteiger charge is 2.25. The van der Waals surface area contributed by atoms with Crippen LogP contribution in [0.3, 0.4) is 0 Å². The molecule has 1 amide bonds. The Morgan fingerprint density at radius 1 is 1.33 bits per heavy atom. The summed E-state index contributed by atoms with van der Waals surface area (Å²) in [7, 11) is 0. The highest BCUT2D eigenvalue weighted by Crippen LogP contribution is 2.25. The van der Waals surface area contributed by atoms with Crippen LogP contribution in [0.15, 0.2) is 10.8 Å². The van der Waals surface area contributed by atoms with E-state index >= 15 is 0 Å². The van der Waals surface area contributed by atoms with Gasteiger partial charge < -0.3 is 25.4 Å². The lowest BCUT2D eigenvalue weighted by Gasteiger charge is -2.22. The Morgan fingerprint density at radius 3 is 2.48 bits per heavy atom. The van der Waals surface area contributed by atoms with E-state index in [0.717, 1.165) is 11.3 Å². The Kier molecular flexibility index (Phi) is 5.70. The summed E-state index contributed by atoms with van der Waals surface area (Å²) in [5, 5.41) is 33.9. The van der Waals surface area contributed by atoms with E-state index in [2.05, 4.69) is 5.32 Å². The number of thiophene rings is 1. The summed E-state index contributed by atoms with van der Waals surface area (Å²) in [6.45, 7) is 4.83. The number of amides is 1. The van der Waals surface area contributed by atoms with Crippen molar-refractivity contribution in [2.75, 3.05) is 6.54 Å². The SMILES string of the molecule is CC(C)(C)OC(=O)NCC(O)C(O)c1cscc1C(=O)O. The Bertz CT molecular complexity index is 507. The smallest absolute Gasteiger partial charge is 0.407 e. The predicted octanol–water partition coefficient (Wildman–Crippen LogP) is 1.37. The molecule has 2 atom stereocenters. The van der Waals surface area contributed by atoms with E-state index in [1.54, 1.807) is 20.8 Å². The summed E-state index contributed by atoms with van der Waals surface area (Å²) in [5.74, 6) is -1.18. The molecule has 0 aromatic carbocycles. The topological polar surface area (TPSA) is 116 Å². The van der Waals surface area contributed by atoms with E-state index in [9.17, 15) is 19.8 Å². The number of aliphatic hydroxyl groups is 2. The second kappa shape index (κ2) is 6.88. The number of hydrogen-bond donors (Lipinski definition) is 4. The first-order chi connectivity index (χ1) is 9.61. The molecule has 1 aromatic rings. The summed E-state index contributed by atoms with van der Waals surface area (Å²) in [6.07, 6.45) is -3.47. The lowest BCUT2D eigenvalue weighted by atomic mass is 10.0. The Balaban J connectivity index is 2.59. The van der Waals surface area contributed by atoms with Crippen molar-refractivity contribution in [3.05, 3.63) is 21.9 Å². The predicted molar refractivity (Wildman–Crippen MR) is 76.5 cm³/mol. The van der Waals surface area contributed by atoms with Gasteiger partial charge in [-0.2, -0.15) is 11.3 Å². The maximum atomic E-state index is 11.4. The number of aliphatic hydroxyl groups excluding tert-OH is 2. The molecule has 0 fully saturated rings. The molecule has 0 spiro atoms. The van der Waals surface area contributed by atoms with Crippen molar-refractivity contribution >= 4 is 23.4 Å². The molecule has 1 heterocycles. The molecule has 0 radical (unpaired) electrons. The summed E-state index contributed by atoms with van der Waals surface area (Å²) < 4.78 is 4.99. The maximum Gasteiger partial charge on any atom is 0.407 e. The lowest BCUT2D eigenvalue weighted by molar-refractivity contribution is 0.0123. The minimum Gasteiger partial charge on any atom is -0.478 e. The molecule has 1 aromatic heterocycles. The van der Waals surface area contributed by atoms with Crippen LogP contribution in [-0.2, 0) is 4.74 Å². The molecule has 1 rings (SSSR count). The van der Waals surface area contributed by atoms with Gasteiger partial charge in [0.1, 0.15) is 17.8 Å². The first kappa shape index (κ1) is 17.4. The summed E-state index contributed by atoms with van der Waals surface area (Å²) in [6, 6.07) is 0. The average Bonchev–Trinajstić information content (AvgIpc) is 2.82. The minimum atomic E-state index is -1.41. The number of alkyl carbamates (subject to hydrolysis) is 1. The highest BCUT2D eigenvalue weighted by molar-refractivity contribution is 7.08. The average molecular weight is 317 g/mol. The monoisotopic (exact) mass is 317 g/mol. The number of carboxylic acid groups (broad SMARTS) is 1. The molecule has 0 aliphatic heterocycles. The zero-order valence-electron chi connectivity index (χ0n) is 12.0. The van der Waals surface area contributed by atoms with Crippen LogP contribution in [0.1, 0.15) is 42.8 Å². The van der Waals surface area contributed by atoms with E-state index in [1.165, 1.54) is 10.8 Å². The van der Waals surface area contributed by atoms with Gasteiger partial charge in [-0.25, -0.2) is 9.59 Å². The van der Waals surface area contributed by atoms with Crippen LogP contribution >= 0.6 is 11.3 Å². The van der Waals surface area contributed by atoms with Gasteiger partial charge >= 0.3 is 12.1 Å². The summed E-state index contributed by atoms with van der Waals surface area (Å²) in [5.41, 5.74) is -0.618. The van der Waals surface area contributed by atoms with Gasteiger partial charge in [0.05, 0.1) is 5.56 Å². The van der Waals surface area contributed by atoms with E-state index in [1.807, 2.05) is 0 Å². The molecule has 21 heavy (non-hydrogen) atoms. The van der Waals surface area contributed by atoms with Gasteiger partial charge in [0, 0.05) is 17.5 Å². The van der Waals surface area contributed by atoms with Gasteiger partial charge in [0.25, 0.3) is 0 Å². The molecular formula is C13H19NO6S. The molecule has 0 aliphatic rings. The van der Waals surface area contributed by atoms with Gasteiger partial charge in [-0.15, -0.1) is 0 Å². The fourth-order valence-electron chi connectivity index (χ4n) is 1.53. The van der Waals surface area contributed by atoms with Gasteiger partial charge in [-0.05, 0) is 26.2 Å². The number of carbonyl (C=O) groups is 2. The molecule has 2 unspecified atom stereocenters. The molecule has 4 N–H and O–H groups in total. The van der Waals surface area contributed by atoms with E-state index in [0.29, 0.717) is 0 Å². The third-order valence-corrected chi connectivity index (χ3v) is 3.22. The molecule has 118 valence electrons. The van der Waals surface area contributed by atoms with Gasteiger partial charge in [0.2, 0.25) is 0 Å². The van der Waals surface area contributed by atoms with Crippen molar-refractivity contribution < 1.29 is 29.6 Å². The number of carbonyl (C=O) groups excluding carboxylic acids is 1. The van der Waals surface area contributed by atoms with E-state index in [4.69, 9.17) is 9.84 Å². The number of carboxylic acids is 1. The van der Waals surface area contributed by atoms with Crippen molar-refractivity contribution in [2.45, 2.75) is 38.6 Å². The van der Waals surface area contributed by atoms with E-state index < -0.39 is 29.9 Å². The minimum absolute atomic E-state index is 0.0659. The number of ether oxygens (including phenoxy) is 1. The zero-order chi connectivity index (χ0) is 16.2.